The molecule has 2 heterocycles. The van der Waals surface area contributed by atoms with Crippen LogP contribution in [-0.2, 0) is 4.79 Å². The number of para-hydroxylation sites is 1. The Morgan fingerprint density at radius 2 is 1.93 bits per heavy atom. The van der Waals surface area contributed by atoms with Gasteiger partial charge in [0.1, 0.15) is 0 Å². The first kappa shape index (κ1) is 21.5. The average Bonchev–Trinajstić information content (AvgIpc) is 3.12. The van der Waals surface area contributed by atoms with Crippen molar-refractivity contribution in [1.82, 2.24) is 14.8 Å². The number of benzene rings is 1. The topological polar surface area (TPSA) is 74.6 Å². The third kappa shape index (κ3) is 5.25. The average molecular weight is 400 g/mol. The van der Waals surface area contributed by atoms with Crippen LogP contribution in [0.15, 0.2) is 30.5 Å². The molecule has 0 radical (unpaired) electrons. The first-order chi connectivity index (χ1) is 14.0. The minimum atomic E-state index is -0.529. The minimum Gasteiger partial charge on any atom is -0.396 e. The Kier molecular flexibility index (Phi) is 7.45. The Labute approximate surface area is 172 Å². The number of hydrogen-bond donors (Lipinski definition) is 2. The van der Waals surface area contributed by atoms with Gasteiger partial charge in [-0.3, -0.25) is 9.59 Å². The quantitative estimate of drug-likeness (QED) is 0.386. The van der Waals surface area contributed by atoms with Crippen molar-refractivity contribution in [3.63, 3.8) is 0 Å². The van der Waals surface area contributed by atoms with Gasteiger partial charge in [0.2, 0.25) is 0 Å². The monoisotopic (exact) mass is 399 g/mol. The molecule has 0 unspecified atom stereocenters. The molecular formula is C23H33N3O3. The second-order valence-electron chi connectivity index (χ2n) is 8.30. The van der Waals surface area contributed by atoms with Gasteiger partial charge in [-0.1, -0.05) is 18.2 Å². The smallest absolute Gasteiger partial charge is 0.292 e. The normalized spacial score (nSPS) is 15.9. The van der Waals surface area contributed by atoms with Crippen molar-refractivity contribution in [3.8, 4) is 0 Å². The van der Waals surface area contributed by atoms with Crippen LogP contribution in [0.2, 0.25) is 0 Å². The lowest BCUT2D eigenvalue weighted by Gasteiger charge is -2.31. The van der Waals surface area contributed by atoms with Gasteiger partial charge in [0.15, 0.2) is 0 Å². The molecule has 1 aliphatic heterocycles. The molecule has 29 heavy (non-hydrogen) atoms. The number of piperidine rings is 1. The molecule has 0 spiro atoms. The fourth-order valence-electron chi connectivity index (χ4n) is 4.20. The van der Waals surface area contributed by atoms with Crippen molar-refractivity contribution in [2.75, 3.05) is 32.8 Å². The lowest BCUT2D eigenvalue weighted by Crippen LogP contribution is -2.37. The van der Waals surface area contributed by atoms with Gasteiger partial charge in [0, 0.05) is 36.3 Å². The van der Waals surface area contributed by atoms with E-state index in [4.69, 9.17) is 5.11 Å². The van der Waals surface area contributed by atoms with Crippen molar-refractivity contribution in [1.29, 1.82) is 0 Å². The molecule has 0 aliphatic carbocycles. The van der Waals surface area contributed by atoms with E-state index in [1.807, 2.05) is 28.8 Å². The molecule has 0 saturated carbocycles. The summed E-state index contributed by atoms with van der Waals surface area (Å²) in [6.07, 6.45) is 5.79. The number of Topliss-reactive ketones (excluding diaryl/α,β-unsaturated/α-hetero) is 1. The summed E-state index contributed by atoms with van der Waals surface area (Å²) in [4.78, 5) is 27.6. The van der Waals surface area contributed by atoms with E-state index in [-0.39, 0.29) is 12.6 Å². The zero-order valence-corrected chi connectivity index (χ0v) is 17.6. The maximum atomic E-state index is 12.7. The molecule has 1 aromatic heterocycles. The van der Waals surface area contributed by atoms with Crippen LogP contribution in [0.5, 0.6) is 0 Å². The van der Waals surface area contributed by atoms with Crippen LogP contribution in [0.3, 0.4) is 0 Å². The van der Waals surface area contributed by atoms with Gasteiger partial charge in [0.25, 0.3) is 11.7 Å². The number of fused-ring (bicyclic) bond motifs is 1. The number of amides is 1. The number of likely N-dealkylation sites (tertiary alicyclic amines) is 1. The third-order valence-electron chi connectivity index (χ3n) is 5.93. The molecule has 6 heteroatoms. The Bertz CT molecular complexity index is 835. The first-order valence-corrected chi connectivity index (χ1v) is 10.8. The highest BCUT2D eigenvalue weighted by atomic mass is 16.3. The molecule has 1 fully saturated rings. The van der Waals surface area contributed by atoms with E-state index in [2.05, 4.69) is 24.1 Å². The zero-order valence-electron chi connectivity index (χ0n) is 17.6. The molecule has 3 rings (SSSR count). The number of carbonyl (C=O) groups excluding carboxylic acids is 2. The zero-order chi connectivity index (χ0) is 20.8. The molecule has 0 bridgehead atoms. The number of ketones is 1. The summed E-state index contributed by atoms with van der Waals surface area (Å²) < 4.78 is 2.04. The van der Waals surface area contributed by atoms with Gasteiger partial charge in [-0.2, -0.15) is 0 Å². The maximum absolute atomic E-state index is 12.7. The SMILES string of the molecule is CC(C)n1cc(C(=O)C(=O)NCCCN2CCC(CCO)CC2)c2ccccc21. The molecule has 0 atom stereocenters. The molecule has 1 saturated heterocycles. The van der Waals surface area contributed by atoms with Crippen molar-refractivity contribution in [3.05, 3.63) is 36.0 Å². The fraction of sp³-hybridized carbons (Fsp3) is 0.565. The van der Waals surface area contributed by atoms with Crippen molar-refractivity contribution < 1.29 is 14.7 Å². The summed E-state index contributed by atoms with van der Waals surface area (Å²) in [7, 11) is 0. The van der Waals surface area contributed by atoms with Gasteiger partial charge in [-0.25, -0.2) is 0 Å². The van der Waals surface area contributed by atoms with E-state index in [9.17, 15) is 9.59 Å². The van der Waals surface area contributed by atoms with E-state index in [1.165, 1.54) is 0 Å². The minimum absolute atomic E-state index is 0.214. The summed E-state index contributed by atoms with van der Waals surface area (Å²) >= 11 is 0. The first-order valence-electron chi connectivity index (χ1n) is 10.8. The molecule has 2 aromatic rings. The molecular weight excluding hydrogens is 366 g/mol. The lowest BCUT2D eigenvalue weighted by atomic mass is 9.94. The molecule has 1 amide bonds. The lowest BCUT2D eigenvalue weighted by molar-refractivity contribution is -0.117. The van der Waals surface area contributed by atoms with Gasteiger partial charge in [-0.15, -0.1) is 0 Å². The van der Waals surface area contributed by atoms with Crippen LogP contribution < -0.4 is 5.32 Å². The highest BCUT2D eigenvalue weighted by molar-refractivity contribution is 6.45. The highest BCUT2D eigenvalue weighted by Gasteiger charge is 2.22. The molecule has 2 N–H and O–H groups in total. The van der Waals surface area contributed by atoms with Gasteiger partial charge in [0.05, 0.1) is 5.56 Å². The maximum Gasteiger partial charge on any atom is 0.292 e. The van der Waals surface area contributed by atoms with Crippen LogP contribution in [0.4, 0.5) is 0 Å². The molecule has 1 aromatic carbocycles. The number of carbonyl (C=O) groups is 2. The van der Waals surface area contributed by atoms with Gasteiger partial charge >= 0.3 is 0 Å². The highest BCUT2D eigenvalue weighted by Crippen LogP contribution is 2.25. The summed E-state index contributed by atoms with van der Waals surface area (Å²) in [5.74, 6) is -0.356. The number of nitrogens with zero attached hydrogens (tertiary/aromatic N) is 2. The molecule has 1 aliphatic rings. The number of aliphatic hydroxyl groups excluding tert-OH is 1. The Morgan fingerprint density at radius 1 is 1.21 bits per heavy atom. The standard InChI is InChI=1S/C23H33N3O3/c1-17(2)26-16-20(19-6-3-4-7-21(19)26)22(28)23(29)24-11-5-12-25-13-8-18(9-14-25)10-15-27/h3-4,6-7,16-18,27H,5,8-15H2,1-2H3,(H,24,29). The van der Waals surface area contributed by atoms with Gasteiger partial charge in [-0.05, 0) is 71.1 Å². The number of hydrogen-bond acceptors (Lipinski definition) is 4. The van der Waals surface area contributed by atoms with E-state index >= 15 is 0 Å². The van der Waals surface area contributed by atoms with E-state index in [1.54, 1.807) is 6.20 Å². The Morgan fingerprint density at radius 3 is 2.62 bits per heavy atom. The second kappa shape index (κ2) is 10.0. The van der Waals surface area contributed by atoms with E-state index in [0.29, 0.717) is 18.0 Å². The number of aliphatic hydroxyl groups is 1. The largest absolute Gasteiger partial charge is 0.396 e. The Balaban J connectivity index is 1.49. The van der Waals surface area contributed by atoms with Crippen molar-refractivity contribution >= 4 is 22.6 Å². The number of nitrogens with one attached hydrogen (secondary N) is 1. The van der Waals surface area contributed by atoms with Crippen LogP contribution >= 0.6 is 0 Å². The van der Waals surface area contributed by atoms with E-state index in [0.717, 1.165) is 56.2 Å². The number of rotatable bonds is 9. The predicted octanol–water partition coefficient (Wildman–Crippen LogP) is 3.01. The summed E-state index contributed by atoms with van der Waals surface area (Å²) in [6.45, 7) is 7.93. The molecule has 6 nitrogen and oxygen atoms in total. The third-order valence-corrected chi connectivity index (χ3v) is 5.93. The molecule has 158 valence electrons. The van der Waals surface area contributed by atoms with Crippen molar-refractivity contribution in [2.24, 2.45) is 5.92 Å². The van der Waals surface area contributed by atoms with Crippen molar-refractivity contribution in [2.45, 2.75) is 45.6 Å². The van der Waals surface area contributed by atoms with Gasteiger partial charge < -0.3 is 19.9 Å². The van der Waals surface area contributed by atoms with Crippen LogP contribution in [0.1, 0.15) is 55.9 Å². The van der Waals surface area contributed by atoms with Crippen LogP contribution in [-0.4, -0.2) is 59.0 Å². The number of aromatic nitrogens is 1. The van der Waals surface area contributed by atoms with Crippen LogP contribution in [0, 0.1) is 5.92 Å². The summed E-state index contributed by atoms with van der Waals surface area (Å²) in [5.41, 5.74) is 1.45. The Hall–Kier alpha value is -2.18. The second-order valence-corrected chi connectivity index (χ2v) is 8.30. The fourth-order valence-corrected chi connectivity index (χ4v) is 4.20. The van der Waals surface area contributed by atoms with Crippen LogP contribution in [0.25, 0.3) is 10.9 Å². The summed E-state index contributed by atoms with van der Waals surface area (Å²) in [6, 6.07) is 7.93. The predicted molar refractivity (Wildman–Crippen MR) is 115 cm³/mol. The van der Waals surface area contributed by atoms with E-state index < -0.39 is 11.7 Å². The summed E-state index contributed by atoms with van der Waals surface area (Å²) in [5, 5.41) is 12.7.